The molecule has 0 aliphatic carbocycles. The molecular formula is C18H15NO3. The lowest BCUT2D eigenvalue weighted by molar-refractivity contribution is -0.131. The normalized spacial score (nSPS) is 11.1. The Morgan fingerprint density at radius 3 is 2.77 bits per heavy atom. The molecule has 0 radical (unpaired) electrons. The average molecular weight is 293 g/mol. The van der Waals surface area contributed by atoms with Crippen molar-refractivity contribution >= 4 is 22.9 Å². The number of H-pyrrole nitrogens is 1. The first kappa shape index (κ1) is 13.9. The standard InChI is InChI=1S/C18H15NO3/c20-18(21)9-6-14-11-19-17-10-15(7-8-16(14)17)22-12-13-4-2-1-3-5-13/h1-11,19H,12H2,(H,20,21)/b9-6-. The zero-order chi connectivity index (χ0) is 15.4. The monoisotopic (exact) mass is 293 g/mol. The van der Waals surface area contributed by atoms with Gasteiger partial charge in [-0.3, -0.25) is 0 Å². The van der Waals surface area contributed by atoms with Gasteiger partial charge >= 0.3 is 5.97 Å². The van der Waals surface area contributed by atoms with Gasteiger partial charge in [0.05, 0.1) is 0 Å². The third kappa shape index (κ3) is 3.17. The van der Waals surface area contributed by atoms with Crippen LogP contribution in [-0.4, -0.2) is 16.1 Å². The van der Waals surface area contributed by atoms with Gasteiger partial charge in [0.1, 0.15) is 12.4 Å². The maximum atomic E-state index is 10.6. The summed E-state index contributed by atoms with van der Waals surface area (Å²) in [7, 11) is 0. The molecule has 3 rings (SSSR count). The highest BCUT2D eigenvalue weighted by Crippen LogP contribution is 2.24. The molecule has 4 heteroatoms. The summed E-state index contributed by atoms with van der Waals surface area (Å²) in [5, 5.41) is 9.65. The van der Waals surface area contributed by atoms with Crippen LogP contribution < -0.4 is 4.74 Å². The largest absolute Gasteiger partial charge is 0.489 e. The molecule has 0 unspecified atom stereocenters. The molecule has 0 atom stereocenters. The number of benzene rings is 2. The Morgan fingerprint density at radius 2 is 2.00 bits per heavy atom. The zero-order valence-electron chi connectivity index (χ0n) is 11.8. The highest BCUT2D eigenvalue weighted by molar-refractivity contribution is 5.93. The summed E-state index contributed by atoms with van der Waals surface area (Å²) in [5.41, 5.74) is 2.86. The van der Waals surface area contributed by atoms with E-state index < -0.39 is 5.97 Å². The lowest BCUT2D eigenvalue weighted by atomic mass is 10.1. The molecule has 110 valence electrons. The summed E-state index contributed by atoms with van der Waals surface area (Å²) in [5.74, 6) is -0.191. The zero-order valence-corrected chi connectivity index (χ0v) is 11.8. The minimum absolute atomic E-state index is 0.513. The van der Waals surface area contributed by atoms with Gasteiger partial charge in [0.15, 0.2) is 0 Å². The van der Waals surface area contributed by atoms with E-state index in [1.807, 2.05) is 48.5 Å². The third-order valence-corrected chi connectivity index (χ3v) is 3.34. The number of aromatic nitrogens is 1. The van der Waals surface area contributed by atoms with E-state index in [0.717, 1.165) is 33.9 Å². The van der Waals surface area contributed by atoms with Gasteiger partial charge < -0.3 is 14.8 Å². The molecule has 0 fully saturated rings. The van der Waals surface area contributed by atoms with Gasteiger partial charge in [-0.25, -0.2) is 4.79 Å². The van der Waals surface area contributed by atoms with E-state index in [0.29, 0.717) is 6.61 Å². The van der Waals surface area contributed by atoms with Crippen LogP contribution in [0.3, 0.4) is 0 Å². The molecule has 22 heavy (non-hydrogen) atoms. The van der Waals surface area contributed by atoms with Gasteiger partial charge in [0, 0.05) is 34.8 Å². The number of carboxylic acids is 1. The number of nitrogens with one attached hydrogen (secondary N) is 1. The SMILES string of the molecule is O=C(O)/C=C\c1c[nH]c2cc(OCc3ccccc3)ccc12. The summed E-state index contributed by atoms with van der Waals surface area (Å²) in [6, 6.07) is 15.7. The fourth-order valence-corrected chi connectivity index (χ4v) is 2.26. The van der Waals surface area contributed by atoms with E-state index in [1.165, 1.54) is 0 Å². The first-order valence-corrected chi connectivity index (χ1v) is 6.91. The molecule has 0 aliphatic rings. The van der Waals surface area contributed by atoms with Gasteiger partial charge in [0.2, 0.25) is 0 Å². The predicted molar refractivity (Wildman–Crippen MR) is 85.7 cm³/mol. The van der Waals surface area contributed by atoms with Crippen molar-refractivity contribution < 1.29 is 14.6 Å². The number of carboxylic acid groups (broad SMARTS) is 1. The molecular weight excluding hydrogens is 278 g/mol. The van der Waals surface area contributed by atoms with Crippen LogP contribution in [0.4, 0.5) is 0 Å². The van der Waals surface area contributed by atoms with Crippen molar-refractivity contribution in [1.82, 2.24) is 4.98 Å². The maximum absolute atomic E-state index is 10.6. The third-order valence-electron chi connectivity index (χ3n) is 3.34. The number of hydrogen-bond acceptors (Lipinski definition) is 2. The lowest BCUT2D eigenvalue weighted by Gasteiger charge is -2.06. The Hall–Kier alpha value is -3.01. The molecule has 0 bridgehead atoms. The van der Waals surface area contributed by atoms with Crippen LogP contribution in [0.1, 0.15) is 11.1 Å². The summed E-state index contributed by atoms with van der Waals surface area (Å²) in [6.07, 6.45) is 4.49. The van der Waals surface area contributed by atoms with Crippen LogP contribution in [0.5, 0.6) is 5.75 Å². The number of aliphatic carboxylic acids is 1. The highest BCUT2D eigenvalue weighted by atomic mass is 16.5. The van der Waals surface area contributed by atoms with Crippen LogP contribution in [0.15, 0.2) is 60.8 Å². The summed E-state index contributed by atoms with van der Waals surface area (Å²) < 4.78 is 5.78. The van der Waals surface area contributed by atoms with Gasteiger partial charge in [-0.2, -0.15) is 0 Å². The number of hydrogen-bond donors (Lipinski definition) is 2. The van der Waals surface area contributed by atoms with Gasteiger partial charge in [-0.05, 0) is 23.8 Å². The van der Waals surface area contributed by atoms with Crippen LogP contribution in [0.25, 0.3) is 17.0 Å². The Labute approximate surface area is 127 Å². The summed E-state index contributed by atoms with van der Waals surface area (Å²) >= 11 is 0. The first-order valence-electron chi connectivity index (χ1n) is 6.91. The van der Waals surface area contributed by atoms with E-state index >= 15 is 0 Å². The molecule has 0 saturated heterocycles. The maximum Gasteiger partial charge on any atom is 0.328 e. The summed E-state index contributed by atoms with van der Waals surface area (Å²) in [6.45, 7) is 0.513. The van der Waals surface area contributed by atoms with Gasteiger partial charge in [0.25, 0.3) is 0 Å². The number of fused-ring (bicyclic) bond motifs is 1. The molecule has 0 spiro atoms. The molecule has 3 aromatic rings. The Kier molecular flexibility index (Phi) is 3.92. The number of rotatable bonds is 5. The quantitative estimate of drug-likeness (QED) is 0.702. The van der Waals surface area contributed by atoms with Crippen molar-refractivity contribution in [2.75, 3.05) is 0 Å². The summed E-state index contributed by atoms with van der Waals surface area (Å²) in [4.78, 5) is 13.7. The van der Waals surface area contributed by atoms with Crippen molar-refractivity contribution in [3.63, 3.8) is 0 Å². The van der Waals surface area contributed by atoms with Crippen LogP contribution in [0, 0.1) is 0 Å². The van der Waals surface area contributed by atoms with Crippen molar-refractivity contribution in [2.24, 2.45) is 0 Å². The second kappa shape index (κ2) is 6.18. The van der Waals surface area contributed by atoms with Gasteiger partial charge in [-0.15, -0.1) is 0 Å². The predicted octanol–water partition coefficient (Wildman–Crippen LogP) is 3.84. The van der Waals surface area contributed by atoms with E-state index in [1.54, 1.807) is 12.3 Å². The lowest BCUT2D eigenvalue weighted by Crippen LogP contribution is -1.94. The van der Waals surface area contributed by atoms with Crippen molar-refractivity contribution in [2.45, 2.75) is 6.61 Å². The second-order valence-electron chi connectivity index (χ2n) is 4.90. The highest BCUT2D eigenvalue weighted by Gasteiger charge is 2.04. The van der Waals surface area contributed by atoms with E-state index in [-0.39, 0.29) is 0 Å². The van der Waals surface area contributed by atoms with Crippen LogP contribution >= 0.6 is 0 Å². The average Bonchev–Trinajstić information content (AvgIpc) is 2.94. The molecule has 2 N–H and O–H groups in total. The minimum Gasteiger partial charge on any atom is -0.489 e. The minimum atomic E-state index is -0.961. The Bertz CT molecular complexity index is 819. The molecule has 0 saturated carbocycles. The molecule has 1 aromatic heterocycles. The number of aromatic amines is 1. The Morgan fingerprint density at radius 1 is 1.18 bits per heavy atom. The fraction of sp³-hybridized carbons (Fsp3) is 0.0556. The second-order valence-corrected chi connectivity index (χ2v) is 4.90. The van der Waals surface area contributed by atoms with Gasteiger partial charge in [-0.1, -0.05) is 30.3 Å². The number of ether oxygens (including phenoxy) is 1. The van der Waals surface area contributed by atoms with E-state index in [2.05, 4.69) is 4.98 Å². The first-order chi connectivity index (χ1) is 10.7. The Balaban J connectivity index is 1.78. The molecule has 4 nitrogen and oxygen atoms in total. The fourth-order valence-electron chi connectivity index (χ4n) is 2.26. The van der Waals surface area contributed by atoms with Crippen molar-refractivity contribution in [3.8, 4) is 5.75 Å². The molecule has 0 aliphatic heterocycles. The topological polar surface area (TPSA) is 62.3 Å². The van der Waals surface area contributed by atoms with Crippen LogP contribution in [-0.2, 0) is 11.4 Å². The van der Waals surface area contributed by atoms with E-state index in [4.69, 9.17) is 9.84 Å². The van der Waals surface area contributed by atoms with Crippen molar-refractivity contribution in [1.29, 1.82) is 0 Å². The molecule has 2 aromatic carbocycles. The molecule has 1 heterocycles. The smallest absolute Gasteiger partial charge is 0.328 e. The number of carbonyl (C=O) groups is 1. The van der Waals surface area contributed by atoms with E-state index in [9.17, 15) is 4.79 Å². The molecule has 0 amide bonds. The van der Waals surface area contributed by atoms with Crippen LogP contribution in [0.2, 0.25) is 0 Å². The van der Waals surface area contributed by atoms with Crippen molar-refractivity contribution in [3.05, 3.63) is 71.9 Å².